The van der Waals surface area contributed by atoms with E-state index < -0.39 is 0 Å². The fourth-order valence-corrected chi connectivity index (χ4v) is 2.06. The Morgan fingerprint density at radius 1 is 1.60 bits per heavy atom. The Morgan fingerprint density at radius 3 is 2.93 bits per heavy atom. The third-order valence-electron chi connectivity index (χ3n) is 1.98. The number of nitrogens with two attached hydrogens (primary N) is 1. The molecule has 0 spiro atoms. The van der Waals surface area contributed by atoms with Crippen LogP contribution in [0.3, 0.4) is 0 Å². The Kier molecular flexibility index (Phi) is 4.47. The molecule has 3 nitrogen and oxygen atoms in total. The summed E-state index contributed by atoms with van der Waals surface area (Å²) in [6.07, 6.45) is 0.327. The molecule has 0 radical (unpaired) electrons. The van der Waals surface area contributed by atoms with Crippen LogP contribution in [0.5, 0.6) is 0 Å². The molecule has 0 fully saturated rings. The lowest BCUT2D eigenvalue weighted by Gasteiger charge is -2.09. The SMILES string of the molecule is CC(CO)Sc1ccc(N)c(CC#N)c1. The van der Waals surface area contributed by atoms with Crippen LogP contribution < -0.4 is 5.73 Å². The minimum atomic E-state index is 0.141. The number of hydrogen-bond donors (Lipinski definition) is 2. The van der Waals surface area contributed by atoms with E-state index in [2.05, 4.69) is 6.07 Å². The summed E-state index contributed by atoms with van der Waals surface area (Å²) in [5.74, 6) is 0. The summed E-state index contributed by atoms with van der Waals surface area (Å²) in [5.41, 5.74) is 7.23. The zero-order valence-corrected chi connectivity index (χ0v) is 9.42. The fourth-order valence-electron chi connectivity index (χ4n) is 1.16. The van der Waals surface area contributed by atoms with Crippen LogP contribution in [0.4, 0.5) is 5.69 Å². The van der Waals surface area contributed by atoms with Gasteiger partial charge in [0.25, 0.3) is 0 Å². The number of nitriles is 1. The quantitative estimate of drug-likeness (QED) is 0.602. The minimum absolute atomic E-state index is 0.141. The Balaban J connectivity index is 2.83. The van der Waals surface area contributed by atoms with Crippen LogP contribution in [-0.2, 0) is 6.42 Å². The van der Waals surface area contributed by atoms with Crippen molar-refractivity contribution in [2.45, 2.75) is 23.5 Å². The molecule has 0 aliphatic rings. The molecule has 0 heterocycles. The third-order valence-corrected chi connectivity index (χ3v) is 3.06. The number of aliphatic hydroxyl groups excluding tert-OH is 1. The van der Waals surface area contributed by atoms with E-state index in [-0.39, 0.29) is 11.9 Å². The van der Waals surface area contributed by atoms with Gasteiger partial charge in [-0.2, -0.15) is 5.26 Å². The molecule has 1 aromatic rings. The predicted molar refractivity (Wildman–Crippen MR) is 62.6 cm³/mol. The molecule has 0 bridgehead atoms. The molecule has 1 unspecified atom stereocenters. The molecule has 0 aromatic heterocycles. The number of thioether (sulfide) groups is 1. The van der Waals surface area contributed by atoms with Crippen LogP contribution in [0.2, 0.25) is 0 Å². The van der Waals surface area contributed by atoms with E-state index in [0.717, 1.165) is 10.5 Å². The van der Waals surface area contributed by atoms with Gasteiger partial charge in [-0.3, -0.25) is 0 Å². The van der Waals surface area contributed by atoms with Gasteiger partial charge in [0.15, 0.2) is 0 Å². The molecule has 0 saturated carbocycles. The molecule has 1 rings (SSSR count). The van der Waals surface area contributed by atoms with E-state index in [1.165, 1.54) is 0 Å². The molecule has 0 aliphatic heterocycles. The number of nitrogens with zero attached hydrogens (tertiary/aromatic N) is 1. The topological polar surface area (TPSA) is 70.0 Å². The maximum Gasteiger partial charge on any atom is 0.0670 e. The highest BCUT2D eigenvalue weighted by atomic mass is 32.2. The van der Waals surface area contributed by atoms with Gasteiger partial charge in [0.05, 0.1) is 19.1 Å². The summed E-state index contributed by atoms with van der Waals surface area (Å²) in [6, 6.07) is 7.71. The van der Waals surface area contributed by atoms with Crippen molar-refractivity contribution in [1.82, 2.24) is 0 Å². The van der Waals surface area contributed by atoms with Crippen LogP contribution in [0.25, 0.3) is 0 Å². The molecular weight excluding hydrogens is 208 g/mol. The average molecular weight is 222 g/mol. The number of hydrogen-bond acceptors (Lipinski definition) is 4. The smallest absolute Gasteiger partial charge is 0.0670 e. The van der Waals surface area contributed by atoms with Gasteiger partial charge in [-0.05, 0) is 23.8 Å². The fraction of sp³-hybridized carbons (Fsp3) is 0.364. The average Bonchev–Trinajstić information content (AvgIpc) is 2.23. The van der Waals surface area contributed by atoms with Crippen molar-refractivity contribution in [2.75, 3.05) is 12.3 Å². The van der Waals surface area contributed by atoms with Crippen LogP contribution in [-0.4, -0.2) is 17.0 Å². The van der Waals surface area contributed by atoms with Gasteiger partial charge < -0.3 is 10.8 Å². The van der Waals surface area contributed by atoms with Crippen molar-refractivity contribution in [2.24, 2.45) is 0 Å². The van der Waals surface area contributed by atoms with Crippen LogP contribution in [0.15, 0.2) is 23.1 Å². The molecule has 1 aromatic carbocycles. The highest BCUT2D eigenvalue weighted by Gasteiger charge is 2.05. The van der Waals surface area contributed by atoms with E-state index >= 15 is 0 Å². The molecule has 80 valence electrons. The van der Waals surface area contributed by atoms with Crippen molar-refractivity contribution < 1.29 is 5.11 Å². The maximum atomic E-state index is 8.93. The highest BCUT2D eigenvalue weighted by molar-refractivity contribution is 8.00. The predicted octanol–water partition coefficient (Wildman–Crippen LogP) is 1.81. The molecule has 1 atom stereocenters. The second-order valence-electron chi connectivity index (χ2n) is 3.31. The van der Waals surface area contributed by atoms with Crippen molar-refractivity contribution in [3.8, 4) is 6.07 Å². The molecule has 0 aliphatic carbocycles. The Labute approximate surface area is 93.9 Å². The van der Waals surface area contributed by atoms with Gasteiger partial charge in [0, 0.05) is 15.8 Å². The maximum absolute atomic E-state index is 8.93. The van der Waals surface area contributed by atoms with Crippen molar-refractivity contribution in [3.05, 3.63) is 23.8 Å². The molecule has 0 amide bonds. The minimum Gasteiger partial charge on any atom is -0.398 e. The largest absolute Gasteiger partial charge is 0.398 e. The monoisotopic (exact) mass is 222 g/mol. The van der Waals surface area contributed by atoms with Gasteiger partial charge in [0.1, 0.15) is 0 Å². The van der Waals surface area contributed by atoms with Gasteiger partial charge in [-0.15, -0.1) is 11.8 Å². The number of rotatable bonds is 4. The number of nitrogen functional groups attached to an aromatic ring is 1. The Morgan fingerprint density at radius 2 is 2.33 bits per heavy atom. The summed E-state index contributed by atoms with van der Waals surface area (Å²) >= 11 is 1.58. The van der Waals surface area contributed by atoms with E-state index in [4.69, 9.17) is 16.1 Å². The second kappa shape index (κ2) is 5.64. The first kappa shape index (κ1) is 11.9. The first-order valence-electron chi connectivity index (χ1n) is 4.70. The summed E-state index contributed by atoms with van der Waals surface area (Å²) < 4.78 is 0. The summed E-state index contributed by atoms with van der Waals surface area (Å²) in [4.78, 5) is 1.04. The van der Waals surface area contributed by atoms with E-state index in [1.54, 1.807) is 17.8 Å². The highest BCUT2D eigenvalue weighted by Crippen LogP contribution is 2.26. The van der Waals surface area contributed by atoms with Gasteiger partial charge in [-0.25, -0.2) is 0 Å². The summed E-state index contributed by atoms with van der Waals surface area (Å²) in [6.45, 7) is 2.09. The zero-order valence-electron chi connectivity index (χ0n) is 8.60. The first-order valence-corrected chi connectivity index (χ1v) is 5.58. The first-order chi connectivity index (χ1) is 7.17. The Hall–Kier alpha value is -1.18. The van der Waals surface area contributed by atoms with Crippen LogP contribution in [0, 0.1) is 11.3 Å². The number of aliphatic hydroxyl groups is 1. The summed E-state index contributed by atoms with van der Waals surface area (Å²) in [5, 5.41) is 17.7. The lowest BCUT2D eigenvalue weighted by Crippen LogP contribution is -2.02. The van der Waals surface area contributed by atoms with Crippen molar-refractivity contribution >= 4 is 17.4 Å². The molecule has 0 saturated heterocycles. The van der Waals surface area contributed by atoms with E-state index in [1.807, 2.05) is 19.1 Å². The molecule has 3 N–H and O–H groups in total. The van der Waals surface area contributed by atoms with Gasteiger partial charge in [0.2, 0.25) is 0 Å². The van der Waals surface area contributed by atoms with Crippen molar-refractivity contribution in [1.29, 1.82) is 5.26 Å². The molecule has 4 heteroatoms. The van der Waals surface area contributed by atoms with Crippen molar-refractivity contribution in [3.63, 3.8) is 0 Å². The lowest BCUT2D eigenvalue weighted by molar-refractivity contribution is 0.300. The number of anilines is 1. The standard InChI is InChI=1S/C11H14N2OS/c1-8(7-14)15-10-2-3-11(13)9(6-10)4-5-12/h2-3,6,8,14H,4,7,13H2,1H3. The zero-order chi connectivity index (χ0) is 11.3. The number of benzene rings is 1. The van der Waals surface area contributed by atoms with Crippen LogP contribution in [0.1, 0.15) is 12.5 Å². The Bertz CT molecular complexity index is 373. The lowest BCUT2D eigenvalue weighted by atomic mass is 10.1. The third kappa shape index (κ3) is 3.46. The summed E-state index contributed by atoms with van der Waals surface area (Å²) in [7, 11) is 0. The van der Waals surface area contributed by atoms with E-state index in [9.17, 15) is 0 Å². The van der Waals surface area contributed by atoms with Crippen LogP contribution >= 0.6 is 11.8 Å². The van der Waals surface area contributed by atoms with E-state index in [0.29, 0.717) is 12.1 Å². The van der Waals surface area contributed by atoms with Gasteiger partial charge >= 0.3 is 0 Å². The molecule has 15 heavy (non-hydrogen) atoms. The van der Waals surface area contributed by atoms with Gasteiger partial charge in [-0.1, -0.05) is 6.92 Å². The molecular formula is C11H14N2OS. The normalized spacial score (nSPS) is 12.1. The second-order valence-corrected chi connectivity index (χ2v) is 4.82.